The molecular formula is C15H19BrClN3. The molecule has 1 aromatic heterocycles. The first-order valence-corrected chi connectivity index (χ1v) is 7.93. The molecule has 1 atom stereocenters. The quantitative estimate of drug-likeness (QED) is 0.844. The monoisotopic (exact) mass is 355 g/mol. The molecule has 0 fully saturated rings. The van der Waals surface area contributed by atoms with Gasteiger partial charge in [-0.1, -0.05) is 34.5 Å². The highest BCUT2D eigenvalue weighted by Crippen LogP contribution is 2.28. The number of nitrogens with zero attached hydrogens (tertiary/aromatic N) is 2. The van der Waals surface area contributed by atoms with Gasteiger partial charge in [-0.2, -0.15) is 0 Å². The fraction of sp³-hybridized carbons (Fsp3) is 0.400. The first-order valence-electron chi connectivity index (χ1n) is 6.76. The number of nitrogens with one attached hydrogen (secondary N) is 1. The van der Waals surface area contributed by atoms with Crippen molar-refractivity contribution in [3.05, 3.63) is 51.5 Å². The van der Waals surface area contributed by atoms with Crippen molar-refractivity contribution in [1.29, 1.82) is 0 Å². The Labute approximate surface area is 133 Å². The van der Waals surface area contributed by atoms with Crippen LogP contribution in [0.1, 0.15) is 30.8 Å². The molecule has 0 spiro atoms. The van der Waals surface area contributed by atoms with Crippen molar-refractivity contribution in [2.24, 2.45) is 7.05 Å². The minimum Gasteiger partial charge on any atom is -0.338 e. The van der Waals surface area contributed by atoms with Crippen LogP contribution in [0.25, 0.3) is 0 Å². The Morgan fingerprint density at radius 3 is 2.90 bits per heavy atom. The van der Waals surface area contributed by atoms with Gasteiger partial charge in [-0.25, -0.2) is 4.98 Å². The fourth-order valence-corrected chi connectivity index (χ4v) is 2.87. The zero-order valence-electron chi connectivity index (χ0n) is 11.7. The number of halogens is 2. The Morgan fingerprint density at radius 2 is 2.25 bits per heavy atom. The summed E-state index contributed by atoms with van der Waals surface area (Å²) >= 11 is 9.76. The number of hydrogen-bond acceptors (Lipinski definition) is 2. The van der Waals surface area contributed by atoms with Gasteiger partial charge in [0.25, 0.3) is 0 Å². The molecule has 3 nitrogen and oxygen atoms in total. The minimum atomic E-state index is 0.198. The third kappa shape index (κ3) is 3.84. The molecule has 0 aliphatic heterocycles. The molecule has 108 valence electrons. The second-order valence-corrected chi connectivity index (χ2v) is 6.12. The number of benzene rings is 1. The Hall–Kier alpha value is -0.840. The lowest BCUT2D eigenvalue weighted by molar-refractivity contribution is 0.510. The van der Waals surface area contributed by atoms with Crippen LogP contribution >= 0.6 is 27.5 Å². The Morgan fingerprint density at radius 1 is 1.45 bits per heavy atom. The second-order valence-electron chi connectivity index (χ2n) is 4.83. The Balaban J connectivity index is 2.27. The van der Waals surface area contributed by atoms with Crippen molar-refractivity contribution in [3.63, 3.8) is 0 Å². The predicted molar refractivity (Wildman–Crippen MR) is 87.1 cm³/mol. The number of aromatic nitrogens is 2. The summed E-state index contributed by atoms with van der Waals surface area (Å²) in [5.74, 6) is 1.06. The fourth-order valence-electron chi connectivity index (χ4n) is 2.17. The molecule has 0 bridgehead atoms. The molecular weight excluding hydrogens is 338 g/mol. The average Bonchev–Trinajstić information content (AvgIpc) is 2.83. The van der Waals surface area contributed by atoms with Crippen molar-refractivity contribution >= 4 is 27.5 Å². The molecule has 1 heterocycles. The summed E-state index contributed by atoms with van der Waals surface area (Å²) in [6.07, 6.45) is 5.73. The van der Waals surface area contributed by atoms with E-state index in [9.17, 15) is 0 Å². The normalized spacial score (nSPS) is 12.6. The highest BCUT2D eigenvalue weighted by molar-refractivity contribution is 9.10. The summed E-state index contributed by atoms with van der Waals surface area (Å²) < 4.78 is 3.13. The molecule has 0 radical (unpaired) electrons. The van der Waals surface area contributed by atoms with Gasteiger partial charge in [0, 0.05) is 41.4 Å². The maximum absolute atomic E-state index is 6.14. The van der Waals surface area contributed by atoms with Gasteiger partial charge in [0.1, 0.15) is 5.82 Å². The van der Waals surface area contributed by atoms with Crippen LogP contribution in [0.15, 0.2) is 35.1 Å². The minimum absolute atomic E-state index is 0.198. The SMILES string of the molecule is CCCNC(Cc1nccn1C)c1cc(Cl)ccc1Br. The van der Waals surface area contributed by atoms with E-state index in [0.29, 0.717) is 0 Å². The van der Waals surface area contributed by atoms with Crippen LogP contribution in [-0.2, 0) is 13.5 Å². The van der Waals surface area contributed by atoms with Crippen molar-refractivity contribution in [3.8, 4) is 0 Å². The first-order chi connectivity index (χ1) is 9.61. The number of aryl methyl sites for hydroxylation is 1. The zero-order valence-corrected chi connectivity index (χ0v) is 14.1. The Kier molecular flexibility index (Phi) is 5.64. The molecule has 0 aliphatic carbocycles. The number of rotatable bonds is 6. The predicted octanol–water partition coefficient (Wildman–Crippen LogP) is 4.12. The third-order valence-corrected chi connectivity index (χ3v) is 4.24. The lowest BCUT2D eigenvalue weighted by Crippen LogP contribution is -2.25. The molecule has 0 saturated carbocycles. The highest BCUT2D eigenvalue weighted by Gasteiger charge is 2.17. The summed E-state index contributed by atoms with van der Waals surface area (Å²) in [6, 6.07) is 6.11. The molecule has 20 heavy (non-hydrogen) atoms. The van der Waals surface area contributed by atoms with Crippen LogP contribution in [0.3, 0.4) is 0 Å². The molecule has 0 saturated heterocycles. The molecule has 0 aliphatic rings. The largest absolute Gasteiger partial charge is 0.338 e. The van der Waals surface area contributed by atoms with Gasteiger partial charge < -0.3 is 9.88 Å². The Bertz CT molecular complexity index is 568. The van der Waals surface area contributed by atoms with Crippen molar-refractivity contribution in [1.82, 2.24) is 14.9 Å². The summed E-state index contributed by atoms with van der Waals surface area (Å²) in [4.78, 5) is 4.42. The topological polar surface area (TPSA) is 29.9 Å². The van der Waals surface area contributed by atoms with Gasteiger partial charge in [0.2, 0.25) is 0 Å². The van der Waals surface area contributed by atoms with Crippen molar-refractivity contribution in [2.45, 2.75) is 25.8 Å². The average molecular weight is 357 g/mol. The van der Waals surface area contributed by atoms with E-state index in [2.05, 4.69) is 37.7 Å². The summed E-state index contributed by atoms with van der Waals surface area (Å²) in [5, 5.41) is 4.33. The maximum atomic E-state index is 6.14. The van der Waals surface area contributed by atoms with Crippen LogP contribution in [0.5, 0.6) is 0 Å². The summed E-state index contributed by atoms with van der Waals surface area (Å²) in [6.45, 7) is 3.13. The van der Waals surface area contributed by atoms with Crippen molar-refractivity contribution < 1.29 is 0 Å². The molecule has 1 N–H and O–H groups in total. The summed E-state index contributed by atoms with van der Waals surface area (Å²) in [5.41, 5.74) is 1.17. The zero-order chi connectivity index (χ0) is 14.5. The maximum Gasteiger partial charge on any atom is 0.110 e. The third-order valence-electron chi connectivity index (χ3n) is 3.28. The van der Waals surface area contributed by atoms with Gasteiger partial charge in [0.05, 0.1) is 0 Å². The molecule has 2 aromatic rings. The highest BCUT2D eigenvalue weighted by atomic mass is 79.9. The summed E-state index contributed by atoms with van der Waals surface area (Å²) in [7, 11) is 2.02. The van der Waals surface area contributed by atoms with Crippen molar-refractivity contribution in [2.75, 3.05) is 6.54 Å². The lowest BCUT2D eigenvalue weighted by atomic mass is 10.0. The van der Waals surface area contributed by atoms with E-state index >= 15 is 0 Å². The van der Waals surface area contributed by atoms with Gasteiger partial charge in [-0.15, -0.1) is 0 Å². The molecule has 2 rings (SSSR count). The van der Waals surface area contributed by atoms with E-state index < -0.39 is 0 Å². The standard InChI is InChI=1S/C15H19BrClN3/c1-3-6-18-14(10-15-19-7-8-20(15)2)12-9-11(17)4-5-13(12)16/h4-5,7-9,14,18H,3,6,10H2,1-2H3. The van der Waals surface area contributed by atoms with E-state index in [-0.39, 0.29) is 6.04 Å². The van der Waals surface area contributed by atoms with Gasteiger partial charge in [-0.3, -0.25) is 0 Å². The number of imidazole rings is 1. The van der Waals surface area contributed by atoms with Crippen LogP contribution in [0.2, 0.25) is 5.02 Å². The van der Waals surface area contributed by atoms with Crippen LogP contribution in [0.4, 0.5) is 0 Å². The van der Waals surface area contributed by atoms with Crippen LogP contribution in [-0.4, -0.2) is 16.1 Å². The van der Waals surface area contributed by atoms with Gasteiger partial charge in [0.15, 0.2) is 0 Å². The van der Waals surface area contributed by atoms with Crippen LogP contribution in [0, 0.1) is 0 Å². The van der Waals surface area contributed by atoms with E-state index in [1.807, 2.05) is 37.6 Å². The first kappa shape index (κ1) is 15.5. The lowest BCUT2D eigenvalue weighted by Gasteiger charge is -2.20. The van der Waals surface area contributed by atoms with Crippen LogP contribution < -0.4 is 5.32 Å². The molecule has 1 unspecified atom stereocenters. The number of hydrogen-bond donors (Lipinski definition) is 1. The van der Waals surface area contributed by atoms with E-state index in [1.54, 1.807) is 0 Å². The molecule has 5 heteroatoms. The van der Waals surface area contributed by atoms with Gasteiger partial charge in [-0.05, 0) is 36.7 Å². The second kappa shape index (κ2) is 7.25. The smallest absolute Gasteiger partial charge is 0.110 e. The van der Waals surface area contributed by atoms with E-state index in [4.69, 9.17) is 11.6 Å². The van der Waals surface area contributed by atoms with Gasteiger partial charge >= 0.3 is 0 Å². The van der Waals surface area contributed by atoms with E-state index in [0.717, 1.165) is 34.7 Å². The molecule has 0 amide bonds. The molecule has 1 aromatic carbocycles. The van der Waals surface area contributed by atoms with E-state index in [1.165, 1.54) is 5.56 Å².